The average Bonchev–Trinajstić information content (AvgIpc) is 2.80. The van der Waals surface area contributed by atoms with Gasteiger partial charge < -0.3 is 25.4 Å². The fourth-order valence-corrected chi connectivity index (χ4v) is 3.36. The number of ether oxygens (including phenoxy) is 1. The van der Waals surface area contributed by atoms with Gasteiger partial charge in [-0.25, -0.2) is 18.2 Å². The van der Waals surface area contributed by atoms with Crippen LogP contribution >= 0.6 is 0 Å². The lowest BCUT2D eigenvalue weighted by atomic mass is 10.1. The van der Waals surface area contributed by atoms with Crippen molar-refractivity contribution in [2.45, 2.75) is 32.7 Å². The van der Waals surface area contributed by atoms with E-state index in [2.05, 4.69) is 20.6 Å². The molecule has 3 aromatic rings. The van der Waals surface area contributed by atoms with E-state index in [4.69, 9.17) is 4.74 Å². The lowest BCUT2D eigenvalue weighted by molar-refractivity contribution is -0.132. The maximum Gasteiger partial charge on any atom is 0.277 e. The number of aliphatic hydroxyl groups is 1. The predicted molar refractivity (Wildman–Crippen MR) is 119 cm³/mol. The van der Waals surface area contributed by atoms with Crippen molar-refractivity contribution < 1.29 is 27.8 Å². The second-order valence-electron chi connectivity index (χ2n) is 8.02. The maximum atomic E-state index is 13.3. The number of rotatable bonds is 6. The number of fused-ring (bicyclic) bond motifs is 1. The molecule has 4 rings (SSSR count). The van der Waals surface area contributed by atoms with E-state index in [1.807, 2.05) is 0 Å². The third kappa shape index (κ3) is 4.46. The third-order valence-electron chi connectivity index (χ3n) is 5.53. The number of aryl methyl sites for hydroxylation is 1. The van der Waals surface area contributed by atoms with Gasteiger partial charge in [0.25, 0.3) is 5.91 Å². The fourth-order valence-electron chi connectivity index (χ4n) is 3.36. The summed E-state index contributed by atoms with van der Waals surface area (Å²) in [6.07, 6.45) is 0. The Balaban J connectivity index is 1.40. The zero-order chi connectivity index (χ0) is 24.6. The molecular weight excluding hydrogens is 451 g/mol. The summed E-state index contributed by atoms with van der Waals surface area (Å²) in [7, 11) is 1.57. The quantitative estimate of drug-likeness (QED) is 0.472. The molecule has 0 saturated carbocycles. The van der Waals surface area contributed by atoms with E-state index in [1.54, 1.807) is 38.2 Å². The van der Waals surface area contributed by atoms with Crippen LogP contribution in [0.25, 0.3) is 0 Å². The number of hydrogen-bond acceptors (Lipinski definition) is 7. The van der Waals surface area contributed by atoms with Crippen LogP contribution in [0, 0.1) is 24.4 Å². The molecule has 1 aromatic heterocycles. The first kappa shape index (κ1) is 23.3. The molecule has 11 heteroatoms. The highest BCUT2D eigenvalue weighted by atomic mass is 19.2. The minimum atomic E-state index is -1.74. The highest BCUT2D eigenvalue weighted by Crippen LogP contribution is 2.35. The molecule has 1 aliphatic rings. The molecule has 178 valence electrons. The van der Waals surface area contributed by atoms with Gasteiger partial charge in [0.05, 0.1) is 5.69 Å². The molecule has 0 bridgehead atoms. The Morgan fingerprint density at radius 2 is 1.76 bits per heavy atom. The number of likely N-dealkylation sites (N-methyl/N-ethyl adjacent to an activating group) is 1. The van der Waals surface area contributed by atoms with Crippen molar-refractivity contribution in [2.24, 2.45) is 0 Å². The van der Waals surface area contributed by atoms with Crippen LogP contribution in [-0.4, -0.2) is 33.8 Å². The number of hydrogen-bond donors (Lipinski definition) is 3. The van der Waals surface area contributed by atoms with Gasteiger partial charge in [0, 0.05) is 13.6 Å². The van der Waals surface area contributed by atoms with Crippen LogP contribution in [0.15, 0.2) is 36.4 Å². The molecule has 1 atom stereocenters. The molecule has 3 N–H and O–H groups in total. The Kier molecular flexibility index (Phi) is 6.05. The van der Waals surface area contributed by atoms with Crippen molar-refractivity contribution in [2.75, 3.05) is 22.6 Å². The van der Waals surface area contributed by atoms with Crippen LogP contribution in [-0.2, 0) is 17.9 Å². The number of carbonyl (C=O) groups is 1. The summed E-state index contributed by atoms with van der Waals surface area (Å²) in [5, 5.41) is 16.1. The molecule has 0 fully saturated rings. The number of aromatic nitrogens is 2. The summed E-state index contributed by atoms with van der Waals surface area (Å²) >= 11 is 0. The first-order chi connectivity index (χ1) is 16.1. The van der Waals surface area contributed by atoms with Gasteiger partial charge in [0.2, 0.25) is 11.7 Å². The van der Waals surface area contributed by atoms with Crippen molar-refractivity contribution in [1.29, 1.82) is 0 Å². The minimum absolute atomic E-state index is 0.123. The maximum absolute atomic E-state index is 13.3. The highest BCUT2D eigenvalue weighted by Gasteiger charge is 2.42. The number of nitrogens with zero attached hydrogens (tertiary/aromatic N) is 3. The zero-order valence-electron chi connectivity index (χ0n) is 18.6. The molecule has 2 aromatic carbocycles. The van der Waals surface area contributed by atoms with Crippen LogP contribution in [0.1, 0.15) is 23.7 Å². The number of anilines is 3. The summed E-state index contributed by atoms with van der Waals surface area (Å²) in [5.41, 5.74) is 0.278. The Hall–Kier alpha value is -3.86. The van der Waals surface area contributed by atoms with Gasteiger partial charge >= 0.3 is 0 Å². The lowest BCUT2D eigenvalue weighted by Crippen LogP contribution is -2.57. The van der Waals surface area contributed by atoms with E-state index >= 15 is 0 Å². The van der Waals surface area contributed by atoms with E-state index < -0.39 is 29.1 Å². The van der Waals surface area contributed by atoms with Crippen LogP contribution in [0.3, 0.4) is 0 Å². The second-order valence-corrected chi connectivity index (χ2v) is 8.02. The number of carbonyl (C=O) groups excluding carboxylic acids is 1. The Morgan fingerprint density at radius 3 is 2.41 bits per heavy atom. The van der Waals surface area contributed by atoms with E-state index in [-0.39, 0.29) is 12.2 Å². The lowest BCUT2D eigenvalue weighted by Gasteiger charge is -2.38. The smallest absolute Gasteiger partial charge is 0.277 e. The van der Waals surface area contributed by atoms with E-state index in [0.717, 1.165) is 17.7 Å². The minimum Gasteiger partial charge on any atom is -0.489 e. The summed E-state index contributed by atoms with van der Waals surface area (Å²) in [6.45, 7) is 3.36. The number of nitrogens with one attached hydrogen (secondary N) is 2. The normalized spacial score (nSPS) is 17.3. The van der Waals surface area contributed by atoms with Gasteiger partial charge in [-0.05, 0) is 49.2 Å². The molecule has 2 heterocycles. The van der Waals surface area contributed by atoms with Crippen molar-refractivity contribution in [3.8, 4) is 5.75 Å². The fraction of sp³-hybridized carbons (Fsp3) is 0.261. The van der Waals surface area contributed by atoms with Gasteiger partial charge in [-0.2, -0.15) is 4.98 Å². The van der Waals surface area contributed by atoms with E-state index in [9.17, 15) is 23.1 Å². The molecule has 0 spiro atoms. The molecular formula is C23H22F3N5O3. The number of halogens is 3. The first-order valence-electron chi connectivity index (χ1n) is 10.3. The Bertz CT molecular complexity index is 1230. The SMILES string of the molecule is Cc1nc(NCc2ccc(OCc3cc(F)c(F)c(F)c3)cc2)nc2c1NC(=O)[C@@](C)(O)N2C. The third-order valence-corrected chi connectivity index (χ3v) is 5.53. The summed E-state index contributed by atoms with van der Waals surface area (Å²) in [6, 6.07) is 8.73. The zero-order valence-corrected chi connectivity index (χ0v) is 18.6. The topological polar surface area (TPSA) is 99.6 Å². The molecule has 8 nitrogen and oxygen atoms in total. The summed E-state index contributed by atoms with van der Waals surface area (Å²) in [4.78, 5) is 22.3. The van der Waals surface area contributed by atoms with Crippen LogP contribution < -0.4 is 20.3 Å². The Labute approximate surface area is 193 Å². The van der Waals surface area contributed by atoms with E-state index in [1.165, 1.54) is 11.8 Å². The number of benzene rings is 2. The van der Waals surface area contributed by atoms with Gasteiger partial charge in [-0.3, -0.25) is 4.79 Å². The first-order valence-corrected chi connectivity index (χ1v) is 10.3. The summed E-state index contributed by atoms with van der Waals surface area (Å²) < 4.78 is 45.2. The van der Waals surface area contributed by atoms with Crippen LogP contribution in [0.4, 0.5) is 30.6 Å². The van der Waals surface area contributed by atoms with Crippen LogP contribution in [0.5, 0.6) is 5.75 Å². The van der Waals surface area contributed by atoms with E-state index in [0.29, 0.717) is 35.4 Å². The Morgan fingerprint density at radius 1 is 1.12 bits per heavy atom. The van der Waals surface area contributed by atoms with Crippen molar-refractivity contribution >= 4 is 23.4 Å². The predicted octanol–water partition coefficient (Wildman–Crippen LogP) is 3.49. The second kappa shape index (κ2) is 8.82. The molecule has 0 unspecified atom stereocenters. The van der Waals surface area contributed by atoms with Crippen molar-refractivity contribution in [1.82, 2.24) is 9.97 Å². The number of amides is 1. The van der Waals surface area contributed by atoms with Gasteiger partial charge in [0.1, 0.15) is 18.0 Å². The molecule has 0 saturated heterocycles. The molecule has 1 aliphatic heterocycles. The molecule has 34 heavy (non-hydrogen) atoms. The van der Waals surface area contributed by atoms with Gasteiger partial charge in [-0.15, -0.1) is 0 Å². The van der Waals surface area contributed by atoms with Crippen molar-refractivity contribution in [3.05, 3.63) is 70.7 Å². The average molecular weight is 473 g/mol. The summed E-state index contributed by atoms with van der Waals surface area (Å²) in [5.74, 6) is -3.44. The monoisotopic (exact) mass is 473 g/mol. The highest BCUT2D eigenvalue weighted by molar-refractivity contribution is 6.04. The molecule has 0 aliphatic carbocycles. The van der Waals surface area contributed by atoms with Crippen molar-refractivity contribution in [3.63, 3.8) is 0 Å². The standard InChI is InChI=1S/C23H22F3N5O3/c1-12-19-20(31(3)23(2,33)21(32)29-19)30-22(28-12)27-10-13-4-6-15(7-5-13)34-11-14-8-16(24)18(26)17(25)9-14/h4-9,33H,10-11H2,1-3H3,(H,29,32)(H,27,28,30)/t23-/m1/s1. The van der Waals surface area contributed by atoms with Crippen LogP contribution in [0.2, 0.25) is 0 Å². The molecule has 0 radical (unpaired) electrons. The van der Waals surface area contributed by atoms with Gasteiger partial charge in [0.15, 0.2) is 23.3 Å². The van der Waals surface area contributed by atoms with Gasteiger partial charge in [-0.1, -0.05) is 12.1 Å². The molecule has 1 amide bonds. The largest absolute Gasteiger partial charge is 0.489 e.